The summed E-state index contributed by atoms with van der Waals surface area (Å²) >= 11 is 3.45. The van der Waals surface area contributed by atoms with E-state index in [4.69, 9.17) is 0 Å². The molecule has 0 spiro atoms. The zero-order valence-electron chi connectivity index (χ0n) is 7.93. The third-order valence-corrected chi connectivity index (χ3v) is 3.91. The first-order chi connectivity index (χ1) is 5.43. The Morgan fingerprint density at radius 3 is 2.17 bits per heavy atom. The van der Waals surface area contributed by atoms with Gasteiger partial charge in [0.1, 0.15) is 0 Å². The minimum absolute atomic E-state index is 0.0205. The van der Waals surface area contributed by atoms with Gasteiger partial charge in [-0.1, -0.05) is 36.7 Å². The zero-order chi connectivity index (χ0) is 9.35. The van der Waals surface area contributed by atoms with Gasteiger partial charge in [0.2, 0.25) is 5.91 Å². The fourth-order valence-corrected chi connectivity index (χ4v) is 1.36. The second kappa shape index (κ2) is 3.36. The van der Waals surface area contributed by atoms with E-state index in [1.807, 2.05) is 4.90 Å². The van der Waals surface area contributed by atoms with Crippen molar-refractivity contribution in [2.45, 2.75) is 32.0 Å². The van der Waals surface area contributed by atoms with Crippen molar-refractivity contribution >= 4 is 21.8 Å². The number of alkyl halides is 1. The Kier molecular flexibility index (Phi) is 2.81. The van der Waals surface area contributed by atoms with E-state index in [1.54, 1.807) is 0 Å². The molecule has 1 unspecified atom stereocenters. The maximum absolute atomic E-state index is 11.7. The number of nitrogens with zero attached hydrogens (tertiary/aromatic N) is 1. The summed E-state index contributed by atoms with van der Waals surface area (Å²) in [7, 11) is 0. The Labute approximate surface area is 82.4 Å². The first kappa shape index (κ1) is 10.0. The molecule has 1 rings (SSSR count). The standard InChI is InChI=1S/C9H16BrNO/c1-9(2,3)7(10)8(12)11-5-4-6-11/h7H,4-6H2,1-3H3. The first-order valence-electron chi connectivity index (χ1n) is 4.36. The van der Waals surface area contributed by atoms with Crippen LogP contribution in [0, 0.1) is 5.41 Å². The lowest BCUT2D eigenvalue weighted by molar-refractivity contribution is -0.135. The van der Waals surface area contributed by atoms with Crippen LogP contribution in [0.25, 0.3) is 0 Å². The highest BCUT2D eigenvalue weighted by Crippen LogP contribution is 2.28. The molecular formula is C9H16BrNO. The number of carbonyl (C=O) groups is 1. The maximum atomic E-state index is 11.7. The molecule has 1 heterocycles. The molecule has 1 aliphatic heterocycles. The van der Waals surface area contributed by atoms with Gasteiger partial charge in [-0.05, 0) is 11.8 Å². The Balaban J connectivity index is 2.51. The Morgan fingerprint density at radius 1 is 1.42 bits per heavy atom. The molecule has 0 saturated carbocycles. The number of halogens is 1. The highest BCUT2D eigenvalue weighted by molar-refractivity contribution is 9.10. The van der Waals surface area contributed by atoms with Gasteiger partial charge < -0.3 is 4.90 Å². The first-order valence-corrected chi connectivity index (χ1v) is 5.27. The van der Waals surface area contributed by atoms with Crippen LogP contribution in [0.5, 0.6) is 0 Å². The summed E-state index contributed by atoms with van der Waals surface area (Å²) in [5.74, 6) is 0.244. The van der Waals surface area contributed by atoms with E-state index >= 15 is 0 Å². The molecule has 12 heavy (non-hydrogen) atoms. The zero-order valence-corrected chi connectivity index (χ0v) is 9.52. The van der Waals surface area contributed by atoms with Crippen molar-refractivity contribution in [1.29, 1.82) is 0 Å². The summed E-state index contributed by atoms with van der Waals surface area (Å²) in [4.78, 5) is 13.5. The fraction of sp³-hybridized carbons (Fsp3) is 0.889. The molecule has 0 radical (unpaired) electrons. The predicted molar refractivity (Wildman–Crippen MR) is 53.4 cm³/mol. The van der Waals surface area contributed by atoms with Gasteiger partial charge in [0.25, 0.3) is 0 Å². The predicted octanol–water partition coefficient (Wildman–Crippen LogP) is 2.03. The largest absolute Gasteiger partial charge is 0.342 e. The van der Waals surface area contributed by atoms with Crippen LogP contribution >= 0.6 is 15.9 Å². The number of hydrogen-bond donors (Lipinski definition) is 0. The molecule has 0 aromatic rings. The number of rotatable bonds is 1. The minimum Gasteiger partial charge on any atom is -0.342 e. The van der Waals surface area contributed by atoms with Crippen LogP contribution in [0.3, 0.4) is 0 Å². The molecule has 1 saturated heterocycles. The van der Waals surface area contributed by atoms with Crippen molar-refractivity contribution in [2.24, 2.45) is 5.41 Å². The molecule has 70 valence electrons. The summed E-state index contributed by atoms with van der Waals surface area (Å²) in [6, 6.07) is 0. The molecule has 0 aliphatic carbocycles. The molecule has 1 atom stereocenters. The van der Waals surface area contributed by atoms with E-state index < -0.39 is 0 Å². The lowest BCUT2D eigenvalue weighted by Gasteiger charge is -2.36. The van der Waals surface area contributed by atoms with Gasteiger partial charge in [-0.25, -0.2) is 0 Å². The SMILES string of the molecule is CC(C)(C)C(Br)C(=O)N1CCC1. The average molecular weight is 234 g/mol. The smallest absolute Gasteiger partial charge is 0.236 e. The van der Waals surface area contributed by atoms with Crippen molar-refractivity contribution < 1.29 is 4.79 Å². The quantitative estimate of drug-likeness (QED) is 0.635. The molecule has 1 amide bonds. The third-order valence-electron chi connectivity index (χ3n) is 2.14. The lowest BCUT2D eigenvalue weighted by atomic mass is 9.91. The number of amides is 1. The van der Waals surface area contributed by atoms with E-state index in [-0.39, 0.29) is 16.1 Å². The van der Waals surface area contributed by atoms with E-state index in [0.717, 1.165) is 19.5 Å². The van der Waals surface area contributed by atoms with Gasteiger partial charge in [-0.2, -0.15) is 0 Å². The molecular weight excluding hydrogens is 218 g/mol. The maximum Gasteiger partial charge on any atom is 0.236 e. The molecule has 3 heteroatoms. The van der Waals surface area contributed by atoms with Gasteiger partial charge in [0, 0.05) is 13.1 Å². The molecule has 2 nitrogen and oxygen atoms in total. The average Bonchev–Trinajstić information content (AvgIpc) is 1.79. The molecule has 1 fully saturated rings. The van der Waals surface area contributed by atoms with Crippen LogP contribution in [0.1, 0.15) is 27.2 Å². The van der Waals surface area contributed by atoms with Crippen molar-refractivity contribution in [2.75, 3.05) is 13.1 Å². The van der Waals surface area contributed by atoms with Gasteiger partial charge in [0.05, 0.1) is 4.83 Å². The van der Waals surface area contributed by atoms with Crippen LogP contribution in [0.15, 0.2) is 0 Å². The van der Waals surface area contributed by atoms with Crippen LogP contribution < -0.4 is 0 Å². The lowest BCUT2D eigenvalue weighted by Crippen LogP contribution is -2.48. The van der Waals surface area contributed by atoms with Crippen LogP contribution in [0.4, 0.5) is 0 Å². The second-order valence-electron chi connectivity index (χ2n) is 4.41. The second-order valence-corrected chi connectivity index (χ2v) is 5.32. The van der Waals surface area contributed by atoms with Crippen LogP contribution in [0.2, 0.25) is 0 Å². The summed E-state index contributed by atoms with van der Waals surface area (Å²) in [6.45, 7) is 8.10. The normalized spacial score (nSPS) is 20.2. The highest BCUT2D eigenvalue weighted by Gasteiger charge is 2.33. The highest BCUT2D eigenvalue weighted by atomic mass is 79.9. The van der Waals surface area contributed by atoms with E-state index in [1.165, 1.54) is 0 Å². The van der Waals surface area contributed by atoms with Gasteiger partial charge >= 0.3 is 0 Å². The molecule has 0 bridgehead atoms. The van der Waals surface area contributed by atoms with Gasteiger partial charge in [0.15, 0.2) is 0 Å². The fourth-order valence-electron chi connectivity index (χ4n) is 1.07. The van der Waals surface area contributed by atoms with Gasteiger partial charge in [-0.15, -0.1) is 0 Å². The number of hydrogen-bond acceptors (Lipinski definition) is 1. The van der Waals surface area contributed by atoms with E-state index in [0.29, 0.717) is 0 Å². The van der Waals surface area contributed by atoms with Crippen LogP contribution in [-0.2, 0) is 4.79 Å². The van der Waals surface area contributed by atoms with Crippen molar-refractivity contribution in [3.8, 4) is 0 Å². The molecule has 0 N–H and O–H groups in total. The monoisotopic (exact) mass is 233 g/mol. The summed E-state index contributed by atoms with van der Waals surface area (Å²) in [6.07, 6.45) is 1.16. The Bertz CT molecular complexity index is 181. The van der Waals surface area contributed by atoms with Crippen LogP contribution in [-0.4, -0.2) is 28.7 Å². The van der Waals surface area contributed by atoms with E-state index in [2.05, 4.69) is 36.7 Å². The van der Waals surface area contributed by atoms with Crippen molar-refractivity contribution in [3.05, 3.63) is 0 Å². The van der Waals surface area contributed by atoms with Gasteiger partial charge in [-0.3, -0.25) is 4.79 Å². The Morgan fingerprint density at radius 2 is 1.92 bits per heavy atom. The summed E-state index contributed by atoms with van der Waals surface area (Å²) in [5.41, 5.74) is 0.0205. The topological polar surface area (TPSA) is 20.3 Å². The van der Waals surface area contributed by atoms with Crippen molar-refractivity contribution in [1.82, 2.24) is 4.90 Å². The number of likely N-dealkylation sites (tertiary alicyclic amines) is 1. The summed E-state index contributed by atoms with van der Waals surface area (Å²) in [5, 5.41) is 0. The molecule has 0 aromatic heterocycles. The summed E-state index contributed by atoms with van der Waals surface area (Å²) < 4.78 is 0. The van der Waals surface area contributed by atoms with Crippen molar-refractivity contribution in [3.63, 3.8) is 0 Å². The third kappa shape index (κ3) is 2.00. The van der Waals surface area contributed by atoms with E-state index in [9.17, 15) is 4.79 Å². The Hall–Kier alpha value is -0.0500. The number of carbonyl (C=O) groups excluding carboxylic acids is 1. The molecule has 1 aliphatic rings. The molecule has 0 aromatic carbocycles. The minimum atomic E-state index is -0.0368.